The maximum atomic E-state index is 11.3. The number of rotatable bonds is 11. The highest BCUT2D eigenvalue weighted by atomic mass is 35.5. The van der Waals surface area contributed by atoms with Crippen LogP contribution in [0.5, 0.6) is 5.75 Å². The standard InChI is InChI=1S/C18H26ClNO4/c1-3-4-7-14(12-16(18(22)23)20-13(2)21)10-11-24-17-9-6-5-8-15(17)19/h5-6,8-9,14,16H,3-4,7,10-12H2,1-2H3,(H,20,21)(H,22,23). The Morgan fingerprint density at radius 3 is 2.58 bits per heavy atom. The van der Waals surface area contributed by atoms with E-state index in [0.29, 0.717) is 30.2 Å². The van der Waals surface area contributed by atoms with Gasteiger partial charge in [0.1, 0.15) is 11.8 Å². The fraction of sp³-hybridized carbons (Fsp3) is 0.556. The van der Waals surface area contributed by atoms with E-state index < -0.39 is 12.0 Å². The van der Waals surface area contributed by atoms with E-state index in [1.807, 2.05) is 12.1 Å². The lowest BCUT2D eigenvalue weighted by atomic mass is 9.91. The van der Waals surface area contributed by atoms with Gasteiger partial charge in [-0.15, -0.1) is 0 Å². The molecule has 0 aromatic heterocycles. The lowest BCUT2D eigenvalue weighted by Gasteiger charge is -2.22. The number of carbonyl (C=O) groups is 2. The summed E-state index contributed by atoms with van der Waals surface area (Å²) in [4.78, 5) is 22.5. The Labute approximate surface area is 148 Å². The first-order valence-corrected chi connectivity index (χ1v) is 8.69. The number of hydrogen-bond acceptors (Lipinski definition) is 3. The van der Waals surface area contributed by atoms with E-state index in [0.717, 1.165) is 19.3 Å². The minimum Gasteiger partial charge on any atom is -0.492 e. The van der Waals surface area contributed by atoms with Crippen LogP contribution < -0.4 is 10.1 Å². The number of amides is 1. The zero-order valence-corrected chi connectivity index (χ0v) is 15.0. The van der Waals surface area contributed by atoms with Crippen LogP contribution in [-0.4, -0.2) is 29.6 Å². The number of carbonyl (C=O) groups excluding carboxylic acids is 1. The zero-order valence-electron chi connectivity index (χ0n) is 14.3. The molecule has 0 aliphatic carbocycles. The normalized spacial score (nSPS) is 13.1. The number of benzene rings is 1. The molecule has 5 nitrogen and oxygen atoms in total. The molecule has 0 saturated heterocycles. The summed E-state index contributed by atoms with van der Waals surface area (Å²) in [5.74, 6) is -0.534. The van der Waals surface area contributed by atoms with Gasteiger partial charge in [-0.05, 0) is 30.9 Å². The Hall–Kier alpha value is -1.75. The van der Waals surface area contributed by atoms with E-state index >= 15 is 0 Å². The van der Waals surface area contributed by atoms with Gasteiger partial charge >= 0.3 is 5.97 Å². The average molecular weight is 356 g/mol. The maximum Gasteiger partial charge on any atom is 0.326 e. The smallest absolute Gasteiger partial charge is 0.326 e. The van der Waals surface area contributed by atoms with Gasteiger partial charge in [-0.3, -0.25) is 4.79 Å². The molecule has 6 heteroatoms. The summed E-state index contributed by atoms with van der Waals surface area (Å²) in [6.07, 6.45) is 4.09. The van der Waals surface area contributed by atoms with Crippen molar-refractivity contribution in [2.75, 3.05) is 6.61 Å². The average Bonchev–Trinajstić information content (AvgIpc) is 2.52. The van der Waals surface area contributed by atoms with Crippen LogP contribution in [0.2, 0.25) is 5.02 Å². The minimum atomic E-state index is -1.00. The second kappa shape index (κ2) is 10.9. The van der Waals surface area contributed by atoms with E-state index in [1.165, 1.54) is 6.92 Å². The van der Waals surface area contributed by atoms with Crippen LogP contribution in [0.15, 0.2) is 24.3 Å². The van der Waals surface area contributed by atoms with Gasteiger partial charge < -0.3 is 15.2 Å². The number of aliphatic carboxylic acids is 1. The summed E-state index contributed by atoms with van der Waals surface area (Å²) in [7, 11) is 0. The number of carboxylic acids is 1. The van der Waals surface area contributed by atoms with Crippen molar-refractivity contribution >= 4 is 23.5 Å². The van der Waals surface area contributed by atoms with Crippen molar-refractivity contribution < 1.29 is 19.4 Å². The van der Waals surface area contributed by atoms with Crippen LogP contribution in [0, 0.1) is 5.92 Å². The number of para-hydroxylation sites is 1. The molecular weight excluding hydrogens is 330 g/mol. The minimum absolute atomic E-state index is 0.167. The quantitative estimate of drug-likeness (QED) is 0.631. The molecule has 2 unspecified atom stereocenters. The van der Waals surface area contributed by atoms with Crippen LogP contribution in [-0.2, 0) is 9.59 Å². The van der Waals surface area contributed by atoms with Crippen LogP contribution in [0.3, 0.4) is 0 Å². The van der Waals surface area contributed by atoms with Gasteiger partial charge in [0.15, 0.2) is 0 Å². The predicted molar refractivity (Wildman–Crippen MR) is 94.4 cm³/mol. The van der Waals surface area contributed by atoms with Crippen molar-refractivity contribution in [2.24, 2.45) is 5.92 Å². The van der Waals surface area contributed by atoms with E-state index in [1.54, 1.807) is 12.1 Å². The Balaban J connectivity index is 2.58. The topological polar surface area (TPSA) is 75.6 Å². The lowest BCUT2D eigenvalue weighted by molar-refractivity contribution is -0.142. The molecule has 1 aromatic rings. The molecule has 1 amide bonds. The summed E-state index contributed by atoms with van der Waals surface area (Å²) in [5, 5.41) is 12.3. The van der Waals surface area contributed by atoms with Crippen molar-refractivity contribution in [1.29, 1.82) is 0 Å². The van der Waals surface area contributed by atoms with Crippen LogP contribution in [0.4, 0.5) is 0 Å². The third-order valence-electron chi connectivity index (χ3n) is 3.83. The first-order chi connectivity index (χ1) is 11.4. The molecule has 0 aliphatic rings. The molecule has 0 aliphatic heterocycles. The Morgan fingerprint density at radius 2 is 2.00 bits per heavy atom. The zero-order chi connectivity index (χ0) is 17.9. The fourth-order valence-electron chi connectivity index (χ4n) is 2.57. The highest BCUT2D eigenvalue weighted by molar-refractivity contribution is 6.32. The number of ether oxygens (including phenoxy) is 1. The van der Waals surface area contributed by atoms with Gasteiger partial charge in [-0.25, -0.2) is 4.79 Å². The van der Waals surface area contributed by atoms with Crippen molar-refractivity contribution in [3.8, 4) is 5.75 Å². The number of hydrogen-bond donors (Lipinski definition) is 2. The number of carboxylic acid groups (broad SMARTS) is 1. The SMILES string of the molecule is CCCCC(CCOc1ccccc1Cl)CC(NC(C)=O)C(=O)O. The summed E-state index contributed by atoms with van der Waals surface area (Å²) >= 11 is 6.06. The maximum absolute atomic E-state index is 11.3. The third-order valence-corrected chi connectivity index (χ3v) is 4.14. The number of nitrogens with one attached hydrogen (secondary N) is 1. The Kier molecular flexibility index (Phi) is 9.23. The highest BCUT2D eigenvalue weighted by Gasteiger charge is 2.23. The van der Waals surface area contributed by atoms with E-state index in [2.05, 4.69) is 12.2 Å². The van der Waals surface area contributed by atoms with Crippen molar-refractivity contribution in [1.82, 2.24) is 5.32 Å². The predicted octanol–water partition coefficient (Wildman–Crippen LogP) is 3.89. The molecule has 0 heterocycles. The molecule has 2 atom stereocenters. The van der Waals surface area contributed by atoms with Gasteiger partial charge in [0.2, 0.25) is 5.91 Å². The molecule has 1 rings (SSSR count). The highest BCUT2D eigenvalue weighted by Crippen LogP contribution is 2.25. The van der Waals surface area contributed by atoms with Crippen molar-refractivity contribution in [3.05, 3.63) is 29.3 Å². The van der Waals surface area contributed by atoms with Gasteiger partial charge in [0.25, 0.3) is 0 Å². The van der Waals surface area contributed by atoms with E-state index in [9.17, 15) is 14.7 Å². The van der Waals surface area contributed by atoms with Gasteiger partial charge in [-0.1, -0.05) is 49.9 Å². The second-order valence-electron chi connectivity index (χ2n) is 5.90. The molecule has 0 spiro atoms. The summed E-state index contributed by atoms with van der Waals surface area (Å²) in [6, 6.07) is 6.41. The summed E-state index contributed by atoms with van der Waals surface area (Å²) in [6.45, 7) is 3.89. The van der Waals surface area contributed by atoms with Crippen molar-refractivity contribution in [2.45, 2.75) is 52.0 Å². The summed E-state index contributed by atoms with van der Waals surface area (Å²) < 4.78 is 5.70. The molecule has 0 bridgehead atoms. The largest absolute Gasteiger partial charge is 0.492 e. The second-order valence-corrected chi connectivity index (χ2v) is 6.31. The van der Waals surface area contributed by atoms with E-state index in [-0.39, 0.29) is 11.8 Å². The van der Waals surface area contributed by atoms with E-state index in [4.69, 9.17) is 16.3 Å². The molecular formula is C18H26ClNO4. The number of unbranched alkanes of at least 4 members (excludes halogenated alkanes) is 1. The Morgan fingerprint density at radius 1 is 1.29 bits per heavy atom. The monoisotopic (exact) mass is 355 g/mol. The molecule has 24 heavy (non-hydrogen) atoms. The lowest BCUT2D eigenvalue weighted by Crippen LogP contribution is -2.41. The molecule has 1 aromatic carbocycles. The third kappa shape index (κ3) is 7.68. The van der Waals surface area contributed by atoms with Crippen LogP contribution in [0.1, 0.15) is 46.0 Å². The first-order valence-electron chi connectivity index (χ1n) is 8.31. The Bertz CT molecular complexity index is 536. The van der Waals surface area contributed by atoms with Crippen LogP contribution >= 0.6 is 11.6 Å². The molecule has 0 radical (unpaired) electrons. The van der Waals surface area contributed by atoms with Gasteiger partial charge in [0, 0.05) is 6.92 Å². The van der Waals surface area contributed by atoms with Gasteiger partial charge in [0.05, 0.1) is 11.6 Å². The van der Waals surface area contributed by atoms with Gasteiger partial charge in [-0.2, -0.15) is 0 Å². The molecule has 0 saturated carbocycles. The summed E-state index contributed by atoms with van der Waals surface area (Å²) in [5.41, 5.74) is 0. The number of halogens is 1. The molecule has 0 fully saturated rings. The van der Waals surface area contributed by atoms with Crippen LogP contribution in [0.25, 0.3) is 0 Å². The molecule has 2 N–H and O–H groups in total. The molecule has 134 valence electrons. The fourth-order valence-corrected chi connectivity index (χ4v) is 2.76. The van der Waals surface area contributed by atoms with Crippen molar-refractivity contribution in [3.63, 3.8) is 0 Å². The first kappa shape index (κ1) is 20.3.